The van der Waals surface area contributed by atoms with E-state index in [1.165, 1.54) is 0 Å². The minimum Gasteiger partial charge on any atom is -0.368 e. The van der Waals surface area contributed by atoms with E-state index < -0.39 is 0 Å². The van der Waals surface area contributed by atoms with Crippen molar-refractivity contribution in [3.63, 3.8) is 0 Å². The number of carbonyl (C=O) groups excluding carboxylic acids is 1. The number of rotatable bonds is 2. The average molecular weight is 349 g/mol. The molecule has 3 rings (SSSR count). The zero-order valence-corrected chi connectivity index (χ0v) is 14.4. The Balaban J connectivity index is 1.64. The summed E-state index contributed by atoms with van der Waals surface area (Å²) in [6, 6.07) is 13.4. The van der Waals surface area contributed by atoms with Crippen LogP contribution in [0.15, 0.2) is 42.5 Å². The van der Waals surface area contributed by atoms with Crippen molar-refractivity contribution in [2.24, 2.45) is 0 Å². The molecule has 1 aliphatic heterocycles. The van der Waals surface area contributed by atoms with Crippen LogP contribution in [0.1, 0.15) is 15.9 Å². The van der Waals surface area contributed by atoms with E-state index in [4.69, 9.17) is 23.2 Å². The van der Waals surface area contributed by atoms with Gasteiger partial charge < -0.3 is 9.80 Å². The molecule has 0 atom stereocenters. The lowest BCUT2D eigenvalue weighted by Gasteiger charge is -2.36. The molecule has 1 aliphatic rings. The van der Waals surface area contributed by atoms with Crippen molar-refractivity contribution in [3.05, 3.63) is 63.6 Å². The van der Waals surface area contributed by atoms with Crippen LogP contribution in [-0.2, 0) is 0 Å². The van der Waals surface area contributed by atoms with Crippen LogP contribution in [0.5, 0.6) is 0 Å². The van der Waals surface area contributed by atoms with Crippen LogP contribution in [-0.4, -0.2) is 37.0 Å². The van der Waals surface area contributed by atoms with Crippen LogP contribution in [0, 0.1) is 6.92 Å². The monoisotopic (exact) mass is 348 g/mol. The second-order valence-electron chi connectivity index (χ2n) is 5.74. The maximum absolute atomic E-state index is 12.5. The van der Waals surface area contributed by atoms with Gasteiger partial charge in [-0.1, -0.05) is 40.9 Å². The highest BCUT2D eigenvalue weighted by atomic mass is 35.5. The van der Waals surface area contributed by atoms with Crippen molar-refractivity contribution in [1.82, 2.24) is 4.90 Å². The van der Waals surface area contributed by atoms with Crippen LogP contribution in [0.3, 0.4) is 0 Å². The number of aryl methyl sites for hydroxylation is 1. The van der Waals surface area contributed by atoms with E-state index >= 15 is 0 Å². The van der Waals surface area contributed by atoms with Gasteiger partial charge in [-0.2, -0.15) is 0 Å². The predicted molar refractivity (Wildman–Crippen MR) is 95.8 cm³/mol. The molecular weight excluding hydrogens is 331 g/mol. The summed E-state index contributed by atoms with van der Waals surface area (Å²) in [5, 5.41) is 1.12. The van der Waals surface area contributed by atoms with Crippen LogP contribution in [0.4, 0.5) is 5.69 Å². The van der Waals surface area contributed by atoms with Crippen molar-refractivity contribution in [3.8, 4) is 0 Å². The van der Waals surface area contributed by atoms with Crippen LogP contribution in [0.25, 0.3) is 0 Å². The number of nitrogens with zero attached hydrogens (tertiary/aromatic N) is 2. The van der Waals surface area contributed by atoms with Gasteiger partial charge in [-0.25, -0.2) is 0 Å². The number of carbonyl (C=O) groups is 1. The molecule has 0 saturated carbocycles. The number of benzene rings is 2. The third-order valence-corrected chi connectivity index (χ3v) is 4.87. The lowest BCUT2D eigenvalue weighted by atomic mass is 10.1. The largest absolute Gasteiger partial charge is 0.368 e. The summed E-state index contributed by atoms with van der Waals surface area (Å²) in [4.78, 5) is 16.6. The van der Waals surface area contributed by atoms with Crippen molar-refractivity contribution < 1.29 is 4.79 Å². The average Bonchev–Trinajstić information content (AvgIpc) is 2.57. The number of hydrogen-bond donors (Lipinski definition) is 0. The Hall–Kier alpha value is -1.71. The van der Waals surface area contributed by atoms with Gasteiger partial charge in [0.15, 0.2) is 0 Å². The standard InChI is InChI=1S/C18H18Cl2N2O/c1-13-2-4-14(5-3-13)18(23)22-10-8-21(9-11-22)15-6-7-16(19)17(20)12-15/h2-7,12H,8-11H2,1H3. The number of piperazine rings is 1. The first kappa shape index (κ1) is 16.2. The third-order valence-electron chi connectivity index (χ3n) is 4.13. The van der Waals surface area contributed by atoms with Crippen LogP contribution in [0.2, 0.25) is 10.0 Å². The van der Waals surface area contributed by atoms with Gasteiger partial charge in [0.05, 0.1) is 10.0 Å². The second-order valence-corrected chi connectivity index (χ2v) is 6.56. The molecule has 1 amide bonds. The molecule has 0 bridgehead atoms. The highest BCUT2D eigenvalue weighted by Crippen LogP contribution is 2.27. The van der Waals surface area contributed by atoms with Gasteiger partial charge in [0.1, 0.15) is 0 Å². The van der Waals surface area contributed by atoms with E-state index in [-0.39, 0.29) is 5.91 Å². The first-order valence-corrected chi connectivity index (χ1v) is 8.36. The summed E-state index contributed by atoms with van der Waals surface area (Å²) in [5.41, 5.74) is 2.95. The summed E-state index contributed by atoms with van der Waals surface area (Å²) in [6.45, 7) is 5.00. The van der Waals surface area contributed by atoms with E-state index in [0.29, 0.717) is 23.1 Å². The van der Waals surface area contributed by atoms with Gasteiger partial charge >= 0.3 is 0 Å². The lowest BCUT2D eigenvalue weighted by Crippen LogP contribution is -2.48. The normalized spacial score (nSPS) is 14.9. The maximum atomic E-state index is 12.5. The van der Waals surface area contributed by atoms with Crippen LogP contribution < -0.4 is 4.90 Å². The molecule has 23 heavy (non-hydrogen) atoms. The minimum atomic E-state index is 0.0961. The molecule has 3 nitrogen and oxygen atoms in total. The molecule has 0 aliphatic carbocycles. The molecule has 0 spiro atoms. The van der Waals surface area contributed by atoms with Gasteiger partial charge in [-0.15, -0.1) is 0 Å². The molecule has 5 heteroatoms. The van der Waals surface area contributed by atoms with Crippen molar-refractivity contribution >= 4 is 34.8 Å². The van der Waals surface area contributed by atoms with Gasteiger partial charge in [0.2, 0.25) is 0 Å². The fourth-order valence-corrected chi connectivity index (χ4v) is 3.02. The summed E-state index contributed by atoms with van der Waals surface area (Å²) >= 11 is 12.0. The Morgan fingerprint density at radius 3 is 2.17 bits per heavy atom. The molecule has 120 valence electrons. The van der Waals surface area contributed by atoms with E-state index in [1.807, 2.05) is 54.3 Å². The smallest absolute Gasteiger partial charge is 0.253 e. The molecule has 0 aromatic heterocycles. The third kappa shape index (κ3) is 3.62. The molecular formula is C18H18Cl2N2O. The zero-order valence-electron chi connectivity index (χ0n) is 12.9. The predicted octanol–water partition coefficient (Wildman–Crippen LogP) is 4.26. The van der Waals surface area contributed by atoms with Gasteiger partial charge in [-0.3, -0.25) is 4.79 Å². The number of amides is 1. The molecule has 0 radical (unpaired) electrons. The summed E-state index contributed by atoms with van der Waals surface area (Å²) in [6.07, 6.45) is 0. The first-order valence-electron chi connectivity index (χ1n) is 7.60. The highest BCUT2D eigenvalue weighted by molar-refractivity contribution is 6.42. The quantitative estimate of drug-likeness (QED) is 0.809. The molecule has 2 aromatic rings. The number of anilines is 1. The summed E-state index contributed by atoms with van der Waals surface area (Å²) < 4.78 is 0. The van der Waals surface area contributed by atoms with Gasteiger partial charge in [0.25, 0.3) is 5.91 Å². The molecule has 1 saturated heterocycles. The first-order chi connectivity index (χ1) is 11.0. The highest BCUT2D eigenvalue weighted by Gasteiger charge is 2.22. The van der Waals surface area contributed by atoms with Crippen LogP contribution >= 0.6 is 23.2 Å². The molecule has 0 N–H and O–H groups in total. The molecule has 0 unspecified atom stereocenters. The number of hydrogen-bond acceptors (Lipinski definition) is 2. The summed E-state index contributed by atoms with van der Waals surface area (Å²) in [7, 11) is 0. The van der Waals surface area contributed by atoms with E-state index in [0.717, 1.165) is 29.9 Å². The fraction of sp³-hybridized carbons (Fsp3) is 0.278. The SMILES string of the molecule is Cc1ccc(C(=O)N2CCN(c3ccc(Cl)c(Cl)c3)CC2)cc1. The van der Waals surface area contributed by atoms with E-state index in [1.54, 1.807) is 0 Å². The van der Waals surface area contributed by atoms with Gasteiger partial charge in [0, 0.05) is 37.4 Å². The maximum Gasteiger partial charge on any atom is 0.253 e. The Morgan fingerprint density at radius 2 is 1.57 bits per heavy atom. The Morgan fingerprint density at radius 1 is 0.913 bits per heavy atom. The Kier molecular flexibility index (Phi) is 4.79. The summed E-state index contributed by atoms with van der Waals surface area (Å²) in [5.74, 6) is 0.0961. The number of halogens is 2. The zero-order chi connectivity index (χ0) is 16.4. The Labute approximate surface area is 146 Å². The van der Waals surface area contributed by atoms with E-state index in [9.17, 15) is 4.79 Å². The second kappa shape index (κ2) is 6.81. The molecule has 2 aromatic carbocycles. The van der Waals surface area contributed by atoms with E-state index in [2.05, 4.69) is 4.90 Å². The molecule has 1 heterocycles. The topological polar surface area (TPSA) is 23.6 Å². The van der Waals surface area contributed by atoms with Crippen molar-refractivity contribution in [2.75, 3.05) is 31.1 Å². The van der Waals surface area contributed by atoms with Gasteiger partial charge in [-0.05, 0) is 37.3 Å². The lowest BCUT2D eigenvalue weighted by molar-refractivity contribution is 0.0747. The fourth-order valence-electron chi connectivity index (χ4n) is 2.73. The minimum absolute atomic E-state index is 0.0961. The Bertz CT molecular complexity index is 707. The van der Waals surface area contributed by atoms with Crippen molar-refractivity contribution in [1.29, 1.82) is 0 Å². The van der Waals surface area contributed by atoms with Crippen molar-refractivity contribution in [2.45, 2.75) is 6.92 Å². The molecule has 1 fully saturated rings.